The largest absolute Gasteiger partial charge is 0.443 e. The molecule has 0 radical (unpaired) electrons. The zero-order valence-corrected chi connectivity index (χ0v) is 17.4. The summed E-state index contributed by atoms with van der Waals surface area (Å²) >= 11 is 2.12. The van der Waals surface area contributed by atoms with Crippen LogP contribution in [0.3, 0.4) is 0 Å². The zero-order valence-electron chi connectivity index (χ0n) is 15.3. The van der Waals surface area contributed by atoms with Gasteiger partial charge in [0.2, 0.25) is 0 Å². The third kappa shape index (κ3) is 6.05. The van der Waals surface area contributed by atoms with Gasteiger partial charge in [-0.3, -0.25) is 9.88 Å². The van der Waals surface area contributed by atoms with Crippen LogP contribution in [0.2, 0.25) is 0 Å². The normalized spacial score (nSPS) is 12.0. The summed E-state index contributed by atoms with van der Waals surface area (Å²) in [6.07, 6.45) is -4.06. The van der Waals surface area contributed by atoms with Gasteiger partial charge in [-0.15, -0.1) is 0 Å². The summed E-state index contributed by atoms with van der Waals surface area (Å²) in [6.45, 7) is 6.98. The van der Waals surface area contributed by atoms with E-state index in [-0.39, 0.29) is 6.54 Å². The first-order valence-corrected chi connectivity index (χ1v) is 9.10. The number of carbonyl (C=O) groups is 1. The quantitative estimate of drug-likeness (QED) is 0.542. The molecule has 5 nitrogen and oxygen atoms in total. The molecule has 0 unspecified atom stereocenters. The van der Waals surface area contributed by atoms with Crippen LogP contribution in [0.5, 0.6) is 0 Å². The second-order valence-corrected chi connectivity index (χ2v) is 8.01. The first-order valence-electron chi connectivity index (χ1n) is 8.02. The molecule has 27 heavy (non-hydrogen) atoms. The maximum absolute atomic E-state index is 12.7. The Hall–Kier alpha value is -1.91. The van der Waals surface area contributed by atoms with Crippen LogP contribution in [-0.2, 0) is 17.5 Å². The van der Waals surface area contributed by atoms with Gasteiger partial charge in [0.25, 0.3) is 0 Å². The van der Waals surface area contributed by atoms with E-state index in [1.165, 1.54) is 11.0 Å². The average Bonchev–Trinajstić information content (AvgIpc) is 2.53. The van der Waals surface area contributed by atoms with E-state index < -0.39 is 23.6 Å². The van der Waals surface area contributed by atoms with E-state index in [0.29, 0.717) is 11.4 Å². The van der Waals surface area contributed by atoms with E-state index >= 15 is 0 Å². The first-order chi connectivity index (χ1) is 12.4. The lowest BCUT2D eigenvalue weighted by Gasteiger charge is -2.27. The van der Waals surface area contributed by atoms with Gasteiger partial charge in [-0.25, -0.2) is 9.78 Å². The monoisotopic (exact) mass is 493 g/mol. The first kappa shape index (κ1) is 21.4. The van der Waals surface area contributed by atoms with Gasteiger partial charge in [0, 0.05) is 9.77 Å². The Balaban J connectivity index is 2.34. The molecule has 0 aromatic carbocycles. The number of hydrogen-bond donors (Lipinski definition) is 0. The van der Waals surface area contributed by atoms with Crippen LogP contribution in [0.1, 0.15) is 37.7 Å². The molecule has 9 heteroatoms. The van der Waals surface area contributed by atoms with Crippen LogP contribution < -0.4 is 4.90 Å². The summed E-state index contributed by atoms with van der Waals surface area (Å²) in [7, 11) is 0. The molecule has 2 rings (SSSR count). The van der Waals surface area contributed by atoms with E-state index in [0.717, 1.165) is 21.5 Å². The summed E-state index contributed by atoms with van der Waals surface area (Å²) in [6, 6.07) is 5.64. The predicted molar refractivity (Wildman–Crippen MR) is 103 cm³/mol. The fourth-order valence-corrected chi connectivity index (χ4v) is 2.41. The van der Waals surface area contributed by atoms with E-state index in [2.05, 4.69) is 32.6 Å². The van der Waals surface area contributed by atoms with Crippen LogP contribution in [0.4, 0.5) is 23.8 Å². The van der Waals surface area contributed by atoms with E-state index in [1.807, 2.05) is 0 Å². The van der Waals surface area contributed by atoms with Crippen molar-refractivity contribution in [1.82, 2.24) is 9.97 Å². The number of carbonyl (C=O) groups excluding carboxylic acids is 1. The van der Waals surface area contributed by atoms with Gasteiger partial charge < -0.3 is 4.74 Å². The number of halogens is 4. The van der Waals surface area contributed by atoms with Gasteiger partial charge in [0.1, 0.15) is 17.1 Å². The highest BCUT2D eigenvalue weighted by Crippen LogP contribution is 2.28. The minimum atomic E-state index is -4.52. The summed E-state index contributed by atoms with van der Waals surface area (Å²) in [5.74, 6) is 0.349. The third-order valence-corrected chi connectivity index (χ3v) is 4.49. The summed E-state index contributed by atoms with van der Waals surface area (Å²) in [4.78, 5) is 21.8. The second kappa shape index (κ2) is 7.99. The van der Waals surface area contributed by atoms with E-state index in [9.17, 15) is 18.0 Å². The number of hydrogen-bond acceptors (Lipinski definition) is 4. The molecule has 0 N–H and O–H groups in total. The number of nitrogens with zero attached hydrogens (tertiary/aromatic N) is 3. The van der Waals surface area contributed by atoms with Gasteiger partial charge in [-0.2, -0.15) is 13.2 Å². The molecule has 0 spiro atoms. The Bertz CT molecular complexity index is 818. The predicted octanol–water partition coefficient (Wildman–Crippen LogP) is 5.35. The fourth-order valence-electron chi connectivity index (χ4n) is 2.11. The Labute approximate surface area is 169 Å². The van der Waals surface area contributed by atoms with Crippen LogP contribution in [0.15, 0.2) is 30.5 Å². The molecular formula is C18H19F3IN3O2. The average molecular weight is 493 g/mol. The lowest BCUT2D eigenvalue weighted by molar-refractivity contribution is -0.141. The second-order valence-electron chi connectivity index (χ2n) is 6.85. The number of anilines is 1. The van der Waals surface area contributed by atoms with Crippen molar-refractivity contribution in [2.24, 2.45) is 0 Å². The van der Waals surface area contributed by atoms with Gasteiger partial charge in [-0.1, -0.05) is 6.07 Å². The highest BCUT2D eigenvalue weighted by Gasteiger charge is 2.32. The summed E-state index contributed by atoms with van der Waals surface area (Å²) in [5, 5.41) is 0. The Kier molecular flexibility index (Phi) is 6.33. The molecule has 0 saturated carbocycles. The van der Waals surface area contributed by atoms with Crippen LogP contribution >= 0.6 is 22.6 Å². The fraction of sp³-hybridized carbons (Fsp3) is 0.389. The molecule has 0 aliphatic rings. The van der Waals surface area contributed by atoms with Crippen LogP contribution in [-0.4, -0.2) is 21.7 Å². The molecule has 146 valence electrons. The number of amides is 1. The highest BCUT2D eigenvalue weighted by atomic mass is 127. The Morgan fingerprint density at radius 3 is 2.33 bits per heavy atom. The Morgan fingerprint density at radius 1 is 1.19 bits per heavy atom. The third-order valence-electron chi connectivity index (χ3n) is 3.35. The van der Waals surface area contributed by atoms with E-state index in [1.54, 1.807) is 39.8 Å². The molecule has 1 amide bonds. The van der Waals surface area contributed by atoms with Crippen molar-refractivity contribution in [2.75, 3.05) is 4.90 Å². The maximum Gasteiger partial charge on any atom is 0.433 e. The lowest BCUT2D eigenvalue weighted by atomic mass is 10.2. The molecular weight excluding hydrogens is 474 g/mol. The zero-order chi connectivity index (χ0) is 20.4. The van der Waals surface area contributed by atoms with Crippen LogP contribution in [0.25, 0.3) is 0 Å². The van der Waals surface area contributed by atoms with Crippen molar-refractivity contribution >= 4 is 34.5 Å². The summed E-state index contributed by atoms with van der Waals surface area (Å²) < 4.78 is 44.4. The molecule has 0 saturated heterocycles. The number of aromatic nitrogens is 2. The van der Waals surface area contributed by atoms with Gasteiger partial charge in [-0.05, 0) is 74.0 Å². The van der Waals surface area contributed by atoms with Gasteiger partial charge in [0.05, 0.1) is 12.2 Å². The SMILES string of the molecule is Cc1nc(N(Cc2ccc(C(F)(F)F)nc2)C(=O)OC(C)(C)C)ccc1I. The molecule has 0 bridgehead atoms. The standard InChI is InChI=1S/C18H19F3IN3O2/c1-11-13(22)6-8-15(24-11)25(16(26)27-17(2,3)4)10-12-5-7-14(23-9-12)18(19,20)21/h5-9H,10H2,1-4H3. The lowest BCUT2D eigenvalue weighted by Crippen LogP contribution is -2.37. The van der Waals surface area contributed by atoms with Crippen LogP contribution in [0, 0.1) is 10.5 Å². The molecule has 2 aromatic rings. The van der Waals surface area contributed by atoms with Crippen molar-refractivity contribution in [3.63, 3.8) is 0 Å². The van der Waals surface area contributed by atoms with E-state index in [4.69, 9.17) is 4.74 Å². The Morgan fingerprint density at radius 2 is 1.85 bits per heavy atom. The topological polar surface area (TPSA) is 55.3 Å². The number of rotatable bonds is 3. The number of aryl methyl sites for hydroxylation is 1. The number of alkyl halides is 3. The maximum atomic E-state index is 12.7. The van der Waals surface area contributed by atoms with Crippen molar-refractivity contribution < 1.29 is 22.7 Å². The molecule has 0 atom stereocenters. The molecule has 2 heterocycles. The molecule has 0 fully saturated rings. The molecule has 0 aliphatic heterocycles. The minimum Gasteiger partial charge on any atom is -0.443 e. The molecule has 0 aliphatic carbocycles. The van der Waals surface area contributed by atoms with Crippen molar-refractivity contribution in [1.29, 1.82) is 0 Å². The molecule has 2 aromatic heterocycles. The highest BCUT2D eigenvalue weighted by molar-refractivity contribution is 14.1. The van der Waals surface area contributed by atoms with Crippen molar-refractivity contribution in [3.05, 3.63) is 51.0 Å². The number of pyridine rings is 2. The van der Waals surface area contributed by atoms with Crippen molar-refractivity contribution in [3.8, 4) is 0 Å². The summed E-state index contributed by atoms with van der Waals surface area (Å²) in [5.41, 5.74) is -0.566. The van der Waals surface area contributed by atoms with Gasteiger partial charge >= 0.3 is 12.3 Å². The minimum absolute atomic E-state index is 0.0208. The smallest absolute Gasteiger partial charge is 0.433 e. The van der Waals surface area contributed by atoms with Gasteiger partial charge in [0.15, 0.2) is 0 Å². The van der Waals surface area contributed by atoms with Crippen molar-refractivity contribution in [2.45, 2.75) is 46.0 Å². The number of ether oxygens (including phenoxy) is 1.